The van der Waals surface area contributed by atoms with Crippen LogP contribution in [-0.4, -0.2) is 17.6 Å². The van der Waals surface area contributed by atoms with Crippen molar-refractivity contribution in [1.82, 2.24) is 10.5 Å². The quantitative estimate of drug-likeness (QED) is 0.695. The number of aromatic nitrogens is 1. The molecule has 1 amide bonds. The summed E-state index contributed by atoms with van der Waals surface area (Å²) in [4.78, 5) is 13.0. The lowest BCUT2D eigenvalue weighted by molar-refractivity contribution is -0.0503. The van der Waals surface area contributed by atoms with Gasteiger partial charge in [-0.15, -0.1) is 0 Å². The van der Waals surface area contributed by atoms with E-state index >= 15 is 0 Å². The van der Waals surface area contributed by atoms with E-state index in [-0.39, 0.29) is 12.5 Å². The summed E-state index contributed by atoms with van der Waals surface area (Å²) < 4.78 is 11.3. The number of amides is 1. The van der Waals surface area contributed by atoms with E-state index in [4.69, 9.17) is 9.26 Å². The molecule has 4 saturated carbocycles. The fourth-order valence-corrected chi connectivity index (χ4v) is 6.57. The van der Waals surface area contributed by atoms with Gasteiger partial charge < -0.3 is 14.6 Å². The lowest BCUT2D eigenvalue weighted by Crippen LogP contribution is -2.51. The van der Waals surface area contributed by atoms with Gasteiger partial charge in [0.05, 0.1) is 5.56 Å². The van der Waals surface area contributed by atoms with Crippen molar-refractivity contribution in [1.29, 1.82) is 0 Å². The highest BCUT2D eigenvalue weighted by Gasteiger charge is 2.50. The van der Waals surface area contributed by atoms with Gasteiger partial charge >= 0.3 is 0 Å². The predicted octanol–water partition coefficient (Wildman–Crippen LogP) is 5.07. The van der Waals surface area contributed by atoms with E-state index in [1.165, 1.54) is 44.1 Å². The predicted molar refractivity (Wildman–Crippen MR) is 114 cm³/mol. The molecule has 1 aromatic heterocycles. The molecule has 0 atom stereocenters. The van der Waals surface area contributed by atoms with Crippen molar-refractivity contribution in [2.45, 2.75) is 65.4 Å². The fraction of sp³-hybridized carbons (Fsp3) is 0.600. The third-order valence-electron chi connectivity index (χ3n) is 7.70. The van der Waals surface area contributed by atoms with E-state index in [2.05, 4.69) is 29.5 Å². The molecule has 0 aliphatic heterocycles. The largest absolute Gasteiger partial charge is 0.489 e. The van der Waals surface area contributed by atoms with Crippen molar-refractivity contribution in [2.24, 2.45) is 23.2 Å². The normalized spacial score (nSPS) is 29.2. The number of ether oxygens (including phenoxy) is 1. The molecule has 4 fully saturated rings. The number of nitrogens with zero attached hydrogens (tertiary/aromatic N) is 1. The fourth-order valence-electron chi connectivity index (χ4n) is 6.57. The Hall–Kier alpha value is -2.30. The second-order valence-corrected chi connectivity index (χ2v) is 9.95. The molecular formula is C25H32N2O3. The third-order valence-corrected chi connectivity index (χ3v) is 7.70. The van der Waals surface area contributed by atoms with Gasteiger partial charge in [0.25, 0.3) is 5.91 Å². The molecule has 0 spiro atoms. The number of hydrogen-bond acceptors (Lipinski definition) is 4. The van der Waals surface area contributed by atoms with Crippen molar-refractivity contribution in [3.8, 4) is 5.75 Å². The van der Waals surface area contributed by atoms with Crippen LogP contribution in [0.15, 0.2) is 28.8 Å². The minimum atomic E-state index is -0.137. The van der Waals surface area contributed by atoms with Crippen LogP contribution in [0, 0.1) is 30.1 Å². The number of nitrogens with one attached hydrogen (secondary N) is 1. The molecule has 5 heteroatoms. The zero-order chi connectivity index (χ0) is 20.7. The second kappa shape index (κ2) is 7.75. The maximum absolute atomic E-state index is 13.0. The summed E-state index contributed by atoms with van der Waals surface area (Å²) in [6.45, 7) is 5.01. The molecule has 4 aliphatic carbocycles. The van der Waals surface area contributed by atoms with Gasteiger partial charge in [-0.2, -0.15) is 0 Å². The first-order chi connectivity index (χ1) is 14.5. The van der Waals surface area contributed by atoms with Gasteiger partial charge in [0, 0.05) is 6.54 Å². The van der Waals surface area contributed by atoms with E-state index in [1.54, 1.807) is 0 Å². The molecule has 5 nitrogen and oxygen atoms in total. The van der Waals surface area contributed by atoms with Crippen LogP contribution >= 0.6 is 0 Å². The summed E-state index contributed by atoms with van der Waals surface area (Å²) in [5.74, 6) is 3.93. The maximum Gasteiger partial charge on any atom is 0.273 e. The Morgan fingerprint density at radius 2 is 1.77 bits per heavy atom. The Morgan fingerprint density at radius 1 is 1.13 bits per heavy atom. The van der Waals surface area contributed by atoms with Crippen LogP contribution in [0.5, 0.6) is 5.75 Å². The van der Waals surface area contributed by atoms with Crippen LogP contribution in [0.25, 0.3) is 0 Å². The topological polar surface area (TPSA) is 64.4 Å². The van der Waals surface area contributed by atoms with E-state index in [0.717, 1.165) is 42.0 Å². The van der Waals surface area contributed by atoms with Gasteiger partial charge in [0.2, 0.25) is 0 Å². The summed E-state index contributed by atoms with van der Waals surface area (Å²) in [5, 5.41) is 7.26. The molecule has 2 aromatic rings. The highest BCUT2D eigenvalue weighted by Crippen LogP contribution is 2.59. The van der Waals surface area contributed by atoms with Crippen molar-refractivity contribution in [3.63, 3.8) is 0 Å². The van der Waals surface area contributed by atoms with E-state index in [1.807, 2.05) is 19.1 Å². The van der Waals surface area contributed by atoms with E-state index in [0.29, 0.717) is 16.9 Å². The summed E-state index contributed by atoms with van der Waals surface area (Å²) in [6.07, 6.45) is 9.07. The van der Waals surface area contributed by atoms with Crippen LogP contribution < -0.4 is 10.1 Å². The van der Waals surface area contributed by atoms with Crippen molar-refractivity contribution in [3.05, 3.63) is 46.8 Å². The van der Waals surface area contributed by atoms with Crippen LogP contribution in [0.2, 0.25) is 0 Å². The van der Waals surface area contributed by atoms with Crippen molar-refractivity contribution >= 4 is 5.91 Å². The summed E-state index contributed by atoms with van der Waals surface area (Å²) in [5.41, 5.74) is 2.68. The summed E-state index contributed by atoms with van der Waals surface area (Å²) in [7, 11) is 0. The molecule has 4 bridgehead atoms. The first kappa shape index (κ1) is 19.7. The number of carbonyl (C=O) groups excluding carboxylic acids is 1. The molecule has 160 valence electrons. The highest BCUT2D eigenvalue weighted by molar-refractivity contribution is 5.93. The van der Waals surface area contributed by atoms with E-state index < -0.39 is 0 Å². The maximum atomic E-state index is 13.0. The number of aryl methyl sites for hydroxylation is 2. The summed E-state index contributed by atoms with van der Waals surface area (Å²) >= 11 is 0. The summed E-state index contributed by atoms with van der Waals surface area (Å²) in [6, 6.07) is 8.06. The first-order valence-corrected chi connectivity index (χ1v) is 11.5. The Morgan fingerprint density at radius 3 is 2.37 bits per heavy atom. The van der Waals surface area contributed by atoms with Gasteiger partial charge in [0.1, 0.15) is 18.1 Å². The lowest BCUT2D eigenvalue weighted by atomic mass is 9.49. The zero-order valence-electron chi connectivity index (χ0n) is 18.1. The number of benzene rings is 1. The van der Waals surface area contributed by atoms with Gasteiger partial charge in [-0.05, 0) is 92.7 Å². The van der Waals surface area contributed by atoms with Crippen LogP contribution in [0.1, 0.15) is 72.8 Å². The second-order valence-electron chi connectivity index (χ2n) is 9.95. The Kier molecular flexibility index (Phi) is 5.08. The van der Waals surface area contributed by atoms with Gasteiger partial charge in [-0.3, -0.25) is 4.79 Å². The Bertz CT molecular complexity index is 880. The molecule has 1 heterocycles. The number of carbonyl (C=O) groups is 1. The number of hydrogen-bond donors (Lipinski definition) is 1. The molecule has 30 heavy (non-hydrogen) atoms. The van der Waals surface area contributed by atoms with Gasteiger partial charge in [-0.25, -0.2) is 0 Å². The zero-order valence-corrected chi connectivity index (χ0v) is 18.1. The van der Waals surface area contributed by atoms with Gasteiger partial charge in [0.15, 0.2) is 5.69 Å². The molecular weight excluding hydrogens is 376 g/mol. The Balaban J connectivity index is 1.23. The monoisotopic (exact) mass is 408 g/mol. The Labute approximate surface area is 178 Å². The minimum Gasteiger partial charge on any atom is -0.489 e. The molecule has 0 unspecified atom stereocenters. The van der Waals surface area contributed by atoms with Crippen molar-refractivity contribution in [2.75, 3.05) is 6.54 Å². The minimum absolute atomic E-state index is 0.137. The van der Waals surface area contributed by atoms with Crippen LogP contribution in [-0.2, 0) is 13.0 Å². The molecule has 6 rings (SSSR count). The van der Waals surface area contributed by atoms with Crippen LogP contribution in [0.4, 0.5) is 0 Å². The SMILES string of the molecule is CCc1ccc(OCc2c(C(=O)NCC34CC5CC(CC(C5)C3)C4)noc2C)cc1. The molecule has 1 N–H and O–H groups in total. The average Bonchev–Trinajstić information content (AvgIpc) is 3.10. The van der Waals surface area contributed by atoms with Crippen LogP contribution in [0.3, 0.4) is 0 Å². The average molecular weight is 409 g/mol. The lowest BCUT2D eigenvalue weighted by Gasteiger charge is -2.56. The number of rotatable bonds is 7. The van der Waals surface area contributed by atoms with Gasteiger partial charge in [-0.1, -0.05) is 24.2 Å². The highest BCUT2D eigenvalue weighted by atomic mass is 16.5. The molecule has 4 aliphatic rings. The molecule has 1 aromatic carbocycles. The smallest absolute Gasteiger partial charge is 0.273 e. The molecule has 0 radical (unpaired) electrons. The third kappa shape index (κ3) is 3.75. The standard InChI is InChI=1S/C25H32N2O3/c1-3-17-4-6-21(7-5-17)29-14-22-16(2)30-27-23(22)24(28)26-15-25-11-18-8-19(12-25)10-20(9-18)13-25/h4-7,18-20H,3,8-15H2,1-2H3,(H,26,28). The van der Waals surface area contributed by atoms with Crippen molar-refractivity contribution < 1.29 is 14.1 Å². The first-order valence-electron chi connectivity index (χ1n) is 11.5. The van der Waals surface area contributed by atoms with E-state index in [9.17, 15) is 4.79 Å². The molecule has 0 saturated heterocycles.